The van der Waals surface area contributed by atoms with Crippen molar-refractivity contribution in [3.8, 4) is 0 Å². The van der Waals surface area contributed by atoms with Gasteiger partial charge in [-0.1, -0.05) is 33.6 Å². The van der Waals surface area contributed by atoms with Crippen LogP contribution in [0.4, 0.5) is 0 Å². The lowest BCUT2D eigenvalue weighted by Crippen LogP contribution is -2.41. The van der Waals surface area contributed by atoms with Crippen LogP contribution < -0.4 is 4.57 Å². The van der Waals surface area contributed by atoms with E-state index in [2.05, 4.69) is 28.1 Å². The highest BCUT2D eigenvalue weighted by atomic mass is 79.9. The summed E-state index contributed by atoms with van der Waals surface area (Å²) in [6, 6.07) is 12.4. The largest absolute Gasteiger partial charge is 0.342 e. The molecule has 1 fully saturated rings. The first kappa shape index (κ1) is 22.5. The molecular weight excluding hydrogens is 498 g/mol. The minimum atomic E-state index is 0.218. The molecule has 0 bridgehead atoms. The molecule has 6 heteroatoms. The Labute approximate surface area is 208 Å². The van der Waals surface area contributed by atoms with E-state index in [0.717, 1.165) is 53.8 Å². The second-order valence-electron chi connectivity index (χ2n) is 9.25. The normalized spacial score (nSPS) is 18.4. The third-order valence-corrected chi connectivity index (χ3v) is 8.02. The van der Waals surface area contributed by atoms with Gasteiger partial charge in [-0.05, 0) is 72.1 Å². The van der Waals surface area contributed by atoms with Gasteiger partial charge >= 0.3 is 0 Å². The van der Waals surface area contributed by atoms with Crippen LogP contribution >= 0.6 is 27.5 Å². The Bertz CT molecular complexity index is 1170. The van der Waals surface area contributed by atoms with Gasteiger partial charge in [0.15, 0.2) is 12.4 Å². The Hall–Kier alpha value is -2.24. The number of nitrogens with zero attached hydrogens (tertiary/aromatic N) is 3. The van der Waals surface area contributed by atoms with Crippen molar-refractivity contribution in [2.24, 2.45) is 13.0 Å². The lowest BCUT2D eigenvalue weighted by molar-refractivity contribution is -0.671. The van der Waals surface area contributed by atoms with Gasteiger partial charge in [0.05, 0.1) is 12.1 Å². The first-order chi connectivity index (χ1) is 16.0. The minimum absolute atomic E-state index is 0.218. The van der Waals surface area contributed by atoms with E-state index in [0.29, 0.717) is 12.3 Å². The van der Waals surface area contributed by atoms with Gasteiger partial charge in [0.2, 0.25) is 5.91 Å². The van der Waals surface area contributed by atoms with Gasteiger partial charge in [0.1, 0.15) is 7.05 Å². The van der Waals surface area contributed by atoms with E-state index < -0.39 is 0 Å². The van der Waals surface area contributed by atoms with E-state index in [1.807, 2.05) is 59.4 Å². The SMILES string of the molecule is C[n+]1ccc(CC(=O)N2CCC(C3c4ncccc4CCc4cc(Cl)cc(Br)c43)CC2)cc1. The molecule has 1 aromatic carbocycles. The standard InChI is InChI=1S/C27H28BrClN3O/c1-31-11-6-18(7-12-31)15-24(33)32-13-8-19(9-14-32)26-25-21(16-22(29)17-23(25)28)5-4-20-3-2-10-30-27(20)26/h2-3,6-7,10-12,16-17,19,26H,4-5,8-9,13-15H2,1H3/q+1. The number of aryl methyl sites for hydroxylation is 3. The van der Waals surface area contributed by atoms with Gasteiger partial charge in [-0.3, -0.25) is 9.78 Å². The average Bonchev–Trinajstić information content (AvgIpc) is 2.98. The van der Waals surface area contributed by atoms with E-state index in [4.69, 9.17) is 16.6 Å². The second kappa shape index (κ2) is 9.55. The number of halogens is 2. The Kier molecular flexibility index (Phi) is 6.53. The Morgan fingerprint density at radius 2 is 1.88 bits per heavy atom. The Balaban J connectivity index is 1.38. The number of piperidine rings is 1. The highest BCUT2D eigenvalue weighted by Gasteiger charge is 2.36. The van der Waals surface area contributed by atoms with Crippen LogP contribution in [-0.4, -0.2) is 28.9 Å². The van der Waals surface area contributed by atoms with E-state index in [1.165, 1.54) is 22.4 Å². The molecule has 2 aliphatic rings. The predicted octanol–water partition coefficient (Wildman–Crippen LogP) is 5.03. The fourth-order valence-corrected chi connectivity index (χ4v) is 6.54. The number of carbonyl (C=O) groups is 1. The van der Waals surface area contributed by atoms with Crippen LogP contribution in [0.15, 0.2) is 59.5 Å². The summed E-state index contributed by atoms with van der Waals surface area (Å²) in [7, 11) is 1.99. The second-order valence-corrected chi connectivity index (χ2v) is 10.5. The van der Waals surface area contributed by atoms with Crippen LogP contribution in [-0.2, 0) is 31.1 Å². The molecule has 1 aliphatic carbocycles. The molecule has 0 N–H and O–H groups in total. The maximum atomic E-state index is 13.0. The van der Waals surface area contributed by atoms with Crippen molar-refractivity contribution in [1.82, 2.24) is 9.88 Å². The highest BCUT2D eigenvalue weighted by Crippen LogP contribution is 2.45. The number of amides is 1. The number of aromatic nitrogens is 2. The van der Waals surface area contributed by atoms with Crippen molar-refractivity contribution < 1.29 is 9.36 Å². The van der Waals surface area contributed by atoms with Crippen molar-refractivity contribution in [1.29, 1.82) is 0 Å². The van der Waals surface area contributed by atoms with Gasteiger partial charge in [0.25, 0.3) is 0 Å². The molecule has 1 atom stereocenters. The zero-order valence-corrected chi connectivity index (χ0v) is 21.1. The third kappa shape index (κ3) is 4.71. The molecule has 170 valence electrons. The van der Waals surface area contributed by atoms with Crippen LogP contribution in [0.3, 0.4) is 0 Å². The first-order valence-electron chi connectivity index (χ1n) is 11.6. The molecule has 0 spiro atoms. The fraction of sp³-hybridized carbons (Fsp3) is 0.370. The van der Waals surface area contributed by atoms with Gasteiger partial charge in [-0.15, -0.1) is 0 Å². The van der Waals surface area contributed by atoms with Gasteiger partial charge in [0, 0.05) is 46.8 Å². The summed E-state index contributed by atoms with van der Waals surface area (Å²) in [5, 5.41) is 0.771. The molecule has 4 nitrogen and oxygen atoms in total. The topological polar surface area (TPSA) is 37.1 Å². The number of likely N-dealkylation sites (tertiary alicyclic amines) is 1. The van der Waals surface area contributed by atoms with Crippen molar-refractivity contribution in [3.05, 3.63) is 92.4 Å². The van der Waals surface area contributed by atoms with Crippen LogP contribution in [0, 0.1) is 5.92 Å². The summed E-state index contributed by atoms with van der Waals surface area (Å²) in [6.45, 7) is 1.59. The number of fused-ring (bicyclic) bond motifs is 2. The number of rotatable bonds is 3. The molecule has 33 heavy (non-hydrogen) atoms. The molecule has 3 heterocycles. The Morgan fingerprint density at radius 1 is 1.15 bits per heavy atom. The van der Waals surface area contributed by atoms with Crippen LogP contribution in [0.25, 0.3) is 0 Å². The van der Waals surface area contributed by atoms with Crippen molar-refractivity contribution in [3.63, 3.8) is 0 Å². The van der Waals surface area contributed by atoms with Crippen molar-refractivity contribution >= 4 is 33.4 Å². The van der Waals surface area contributed by atoms with Gasteiger partial charge in [-0.25, -0.2) is 4.57 Å². The summed E-state index contributed by atoms with van der Waals surface area (Å²) >= 11 is 10.2. The highest BCUT2D eigenvalue weighted by molar-refractivity contribution is 9.10. The maximum Gasteiger partial charge on any atom is 0.226 e. The van der Waals surface area contributed by atoms with Crippen LogP contribution in [0.2, 0.25) is 5.02 Å². The zero-order chi connectivity index (χ0) is 22.9. The van der Waals surface area contributed by atoms with E-state index >= 15 is 0 Å². The molecule has 0 saturated carbocycles. The summed E-state index contributed by atoms with van der Waals surface area (Å²) in [5.74, 6) is 0.875. The quantitative estimate of drug-likeness (QED) is 0.450. The minimum Gasteiger partial charge on any atom is -0.342 e. The molecule has 5 rings (SSSR count). The van der Waals surface area contributed by atoms with Gasteiger partial charge < -0.3 is 4.90 Å². The molecule has 1 unspecified atom stereocenters. The average molecular weight is 526 g/mol. The van der Waals surface area contributed by atoms with E-state index in [9.17, 15) is 4.79 Å². The Morgan fingerprint density at radius 3 is 2.64 bits per heavy atom. The summed E-state index contributed by atoms with van der Waals surface area (Å²) in [5.41, 5.74) is 6.24. The van der Waals surface area contributed by atoms with Crippen LogP contribution in [0.1, 0.15) is 46.7 Å². The molecular formula is C27H28BrClN3O+. The van der Waals surface area contributed by atoms with Crippen molar-refractivity contribution in [2.75, 3.05) is 13.1 Å². The number of carbonyl (C=O) groups excluding carboxylic acids is 1. The number of pyridine rings is 2. The van der Waals surface area contributed by atoms with E-state index in [-0.39, 0.29) is 11.8 Å². The molecule has 1 saturated heterocycles. The third-order valence-electron chi connectivity index (χ3n) is 7.14. The maximum absolute atomic E-state index is 13.0. The van der Waals surface area contributed by atoms with Crippen LogP contribution in [0.5, 0.6) is 0 Å². The molecule has 1 amide bonds. The molecule has 3 aromatic rings. The monoisotopic (exact) mass is 524 g/mol. The summed E-state index contributed by atoms with van der Waals surface area (Å²) in [6.07, 6.45) is 10.3. The zero-order valence-electron chi connectivity index (χ0n) is 18.8. The number of benzene rings is 1. The lowest BCUT2D eigenvalue weighted by atomic mass is 9.76. The molecule has 0 radical (unpaired) electrons. The lowest BCUT2D eigenvalue weighted by Gasteiger charge is -2.37. The first-order valence-corrected chi connectivity index (χ1v) is 12.8. The number of hydrogen-bond acceptors (Lipinski definition) is 2. The predicted molar refractivity (Wildman–Crippen MR) is 133 cm³/mol. The van der Waals surface area contributed by atoms with Gasteiger partial charge in [-0.2, -0.15) is 0 Å². The number of hydrogen-bond donors (Lipinski definition) is 0. The summed E-state index contributed by atoms with van der Waals surface area (Å²) < 4.78 is 3.06. The molecule has 2 aromatic heterocycles. The van der Waals surface area contributed by atoms with Crippen molar-refractivity contribution in [2.45, 2.75) is 38.0 Å². The molecule has 1 aliphatic heterocycles. The van der Waals surface area contributed by atoms with E-state index in [1.54, 1.807) is 0 Å². The smallest absolute Gasteiger partial charge is 0.226 e. The fourth-order valence-electron chi connectivity index (χ4n) is 5.42. The summed E-state index contributed by atoms with van der Waals surface area (Å²) in [4.78, 5) is 19.9.